The number of carbonyl (C=O) groups excluding carboxylic acids is 1. The fourth-order valence-corrected chi connectivity index (χ4v) is 2.77. The molecule has 6 nitrogen and oxygen atoms in total. The second kappa shape index (κ2) is 6.62. The molecule has 1 amide bonds. The molecule has 0 fully saturated rings. The zero-order valence-electron chi connectivity index (χ0n) is 11.6. The van der Waals surface area contributed by atoms with Gasteiger partial charge in [0, 0.05) is 18.0 Å². The number of hydrogen-bond acceptors (Lipinski definition) is 6. The molecular formula is C13H19N5OS. The second-order valence-corrected chi connectivity index (χ2v) is 5.72. The zero-order chi connectivity index (χ0) is 14.5. The maximum absolute atomic E-state index is 12.0. The summed E-state index contributed by atoms with van der Waals surface area (Å²) < 4.78 is 0. The molecule has 0 spiro atoms. The molecule has 1 unspecified atom stereocenters. The first-order chi connectivity index (χ1) is 9.65. The summed E-state index contributed by atoms with van der Waals surface area (Å²) in [4.78, 5) is 22.6. The monoisotopic (exact) mass is 293 g/mol. The first-order valence-electron chi connectivity index (χ1n) is 6.61. The molecule has 0 saturated heterocycles. The number of thiophene rings is 1. The van der Waals surface area contributed by atoms with Crippen molar-refractivity contribution in [3.05, 3.63) is 17.3 Å². The Hall–Kier alpha value is -1.73. The maximum Gasteiger partial charge on any atom is 0.242 e. The van der Waals surface area contributed by atoms with Gasteiger partial charge in [0.25, 0.3) is 0 Å². The van der Waals surface area contributed by atoms with Gasteiger partial charge < -0.3 is 16.4 Å². The van der Waals surface area contributed by atoms with Crippen molar-refractivity contribution in [2.75, 3.05) is 18.4 Å². The van der Waals surface area contributed by atoms with Gasteiger partial charge in [0.2, 0.25) is 5.91 Å². The van der Waals surface area contributed by atoms with Crippen molar-refractivity contribution in [3.63, 3.8) is 0 Å². The minimum absolute atomic E-state index is 0.0586. The molecule has 0 aliphatic rings. The first-order valence-corrected chi connectivity index (χ1v) is 7.42. The van der Waals surface area contributed by atoms with E-state index < -0.39 is 0 Å². The third kappa shape index (κ3) is 3.23. The van der Waals surface area contributed by atoms with Crippen LogP contribution in [0.3, 0.4) is 0 Å². The number of hydrogen-bond donors (Lipinski definition) is 3. The Morgan fingerprint density at radius 1 is 1.50 bits per heavy atom. The highest BCUT2D eigenvalue weighted by atomic mass is 32.1. The molecule has 4 N–H and O–H groups in total. The molecule has 2 rings (SSSR count). The molecule has 0 aromatic carbocycles. The standard InChI is InChI=1S/C13H19N5OS/c1-3-10(12(19)15-5-4-14)18-11-9-6-8(2)20-13(9)17-7-16-11/h6-7,10H,3-5,14H2,1-2H3,(H,15,19)(H,16,17,18). The molecule has 7 heteroatoms. The van der Waals surface area contributed by atoms with Gasteiger partial charge >= 0.3 is 0 Å². The number of amides is 1. The van der Waals surface area contributed by atoms with Gasteiger partial charge in [-0.3, -0.25) is 4.79 Å². The number of nitrogens with one attached hydrogen (secondary N) is 2. The maximum atomic E-state index is 12.0. The molecule has 0 radical (unpaired) electrons. The second-order valence-electron chi connectivity index (χ2n) is 4.48. The Morgan fingerprint density at radius 2 is 2.30 bits per heavy atom. The minimum Gasteiger partial charge on any atom is -0.358 e. The van der Waals surface area contributed by atoms with Crippen LogP contribution in [0.5, 0.6) is 0 Å². The lowest BCUT2D eigenvalue weighted by Gasteiger charge is -2.17. The largest absolute Gasteiger partial charge is 0.358 e. The lowest BCUT2D eigenvalue weighted by atomic mass is 10.2. The average Bonchev–Trinajstić information content (AvgIpc) is 2.83. The van der Waals surface area contributed by atoms with Crippen molar-refractivity contribution >= 4 is 33.3 Å². The van der Waals surface area contributed by atoms with Crippen molar-refractivity contribution in [1.29, 1.82) is 0 Å². The first kappa shape index (κ1) is 14.7. The summed E-state index contributed by atoms with van der Waals surface area (Å²) in [5, 5.41) is 6.94. The molecule has 0 bridgehead atoms. The molecule has 0 saturated carbocycles. The van der Waals surface area contributed by atoms with E-state index in [1.54, 1.807) is 11.3 Å². The molecule has 0 aliphatic carbocycles. The van der Waals surface area contributed by atoms with Crippen LogP contribution in [0, 0.1) is 6.92 Å². The molecule has 0 aliphatic heterocycles. The number of nitrogens with two attached hydrogens (primary N) is 1. The lowest BCUT2D eigenvalue weighted by molar-refractivity contribution is -0.121. The number of nitrogens with zero attached hydrogens (tertiary/aromatic N) is 2. The number of anilines is 1. The smallest absolute Gasteiger partial charge is 0.242 e. The summed E-state index contributed by atoms with van der Waals surface area (Å²) in [5.41, 5.74) is 5.39. The van der Waals surface area contributed by atoms with E-state index in [0.29, 0.717) is 25.3 Å². The van der Waals surface area contributed by atoms with Crippen molar-refractivity contribution in [3.8, 4) is 0 Å². The highest BCUT2D eigenvalue weighted by Crippen LogP contribution is 2.27. The van der Waals surface area contributed by atoms with Crippen LogP contribution in [-0.2, 0) is 4.79 Å². The Labute approximate surface area is 121 Å². The predicted molar refractivity (Wildman–Crippen MR) is 81.9 cm³/mol. The number of rotatable bonds is 6. The van der Waals surface area contributed by atoms with Gasteiger partial charge in [0.15, 0.2) is 0 Å². The van der Waals surface area contributed by atoms with E-state index in [9.17, 15) is 4.79 Å². The van der Waals surface area contributed by atoms with Crippen LogP contribution < -0.4 is 16.4 Å². The van der Waals surface area contributed by atoms with Gasteiger partial charge in [-0.25, -0.2) is 9.97 Å². The van der Waals surface area contributed by atoms with Gasteiger partial charge in [-0.2, -0.15) is 0 Å². The highest BCUT2D eigenvalue weighted by molar-refractivity contribution is 7.18. The zero-order valence-corrected chi connectivity index (χ0v) is 12.5. The van der Waals surface area contributed by atoms with E-state index in [1.807, 2.05) is 19.9 Å². The Kier molecular flexibility index (Phi) is 4.86. The minimum atomic E-state index is -0.320. The quantitative estimate of drug-likeness (QED) is 0.745. The Bertz CT molecular complexity index is 597. The SMILES string of the molecule is CCC(Nc1ncnc2sc(C)cc12)C(=O)NCCN. The summed E-state index contributed by atoms with van der Waals surface area (Å²) in [7, 11) is 0. The Balaban J connectivity index is 2.19. The Morgan fingerprint density at radius 3 is 3.00 bits per heavy atom. The lowest BCUT2D eigenvalue weighted by Crippen LogP contribution is -2.41. The van der Waals surface area contributed by atoms with Gasteiger partial charge in [-0.05, 0) is 19.4 Å². The normalized spacial score (nSPS) is 12.3. The highest BCUT2D eigenvalue weighted by Gasteiger charge is 2.17. The number of aromatic nitrogens is 2. The van der Waals surface area contributed by atoms with E-state index >= 15 is 0 Å². The molecule has 2 aromatic heterocycles. The van der Waals surface area contributed by atoms with Crippen molar-refractivity contribution < 1.29 is 4.79 Å². The van der Waals surface area contributed by atoms with Crippen molar-refractivity contribution in [2.45, 2.75) is 26.3 Å². The summed E-state index contributed by atoms with van der Waals surface area (Å²) in [6.45, 7) is 4.90. The number of fused-ring (bicyclic) bond motifs is 1. The van der Waals surface area contributed by atoms with E-state index in [0.717, 1.165) is 10.2 Å². The van der Waals surface area contributed by atoms with Gasteiger partial charge in [-0.1, -0.05) is 6.92 Å². The van der Waals surface area contributed by atoms with Crippen LogP contribution in [0.15, 0.2) is 12.4 Å². The molecule has 108 valence electrons. The van der Waals surface area contributed by atoms with E-state index in [4.69, 9.17) is 5.73 Å². The van der Waals surface area contributed by atoms with Crippen LogP contribution in [0.1, 0.15) is 18.2 Å². The fraction of sp³-hybridized carbons (Fsp3) is 0.462. The third-order valence-electron chi connectivity index (χ3n) is 2.93. The van der Waals surface area contributed by atoms with Crippen molar-refractivity contribution in [2.24, 2.45) is 5.73 Å². The van der Waals surface area contributed by atoms with E-state index in [1.165, 1.54) is 11.2 Å². The van der Waals surface area contributed by atoms with Gasteiger partial charge in [0.05, 0.1) is 5.39 Å². The summed E-state index contributed by atoms with van der Waals surface area (Å²) >= 11 is 1.62. The van der Waals surface area contributed by atoms with Crippen LogP contribution in [0.2, 0.25) is 0 Å². The molecule has 2 aromatic rings. The van der Waals surface area contributed by atoms with Crippen LogP contribution >= 0.6 is 11.3 Å². The van der Waals surface area contributed by atoms with Gasteiger partial charge in [-0.15, -0.1) is 11.3 Å². The predicted octanol–water partition coefficient (Wildman–Crippen LogP) is 1.27. The van der Waals surface area contributed by atoms with Crippen LogP contribution in [-0.4, -0.2) is 35.0 Å². The number of aryl methyl sites for hydroxylation is 1. The van der Waals surface area contributed by atoms with Crippen LogP contribution in [0.25, 0.3) is 10.2 Å². The number of carbonyl (C=O) groups is 1. The van der Waals surface area contributed by atoms with E-state index in [-0.39, 0.29) is 11.9 Å². The molecular weight excluding hydrogens is 274 g/mol. The fourth-order valence-electron chi connectivity index (χ4n) is 1.93. The van der Waals surface area contributed by atoms with Crippen molar-refractivity contribution in [1.82, 2.24) is 15.3 Å². The average molecular weight is 293 g/mol. The van der Waals surface area contributed by atoms with E-state index in [2.05, 4.69) is 20.6 Å². The molecule has 2 heterocycles. The third-order valence-corrected chi connectivity index (χ3v) is 3.89. The molecule has 1 atom stereocenters. The van der Waals surface area contributed by atoms with Crippen LogP contribution in [0.4, 0.5) is 5.82 Å². The van der Waals surface area contributed by atoms with Gasteiger partial charge in [0.1, 0.15) is 23.0 Å². The summed E-state index contributed by atoms with van der Waals surface area (Å²) in [5.74, 6) is 0.644. The molecule has 20 heavy (non-hydrogen) atoms. The summed E-state index contributed by atoms with van der Waals surface area (Å²) in [6.07, 6.45) is 2.19. The summed E-state index contributed by atoms with van der Waals surface area (Å²) in [6, 6.07) is 1.71. The topological polar surface area (TPSA) is 92.9 Å².